The van der Waals surface area contributed by atoms with Gasteiger partial charge in [0.2, 0.25) is 5.91 Å². The van der Waals surface area contributed by atoms with E-state index in [0.29, 0.717) is 41.5 Å². The number of aryl methyl sites for hydroxylation is 1. The van der Waals surface area contributed by atoms with Crippen molar-refractivity contribution in [3.05, 3.63) is 47.5 Å². The molecule has 0 unspecified atom stereocenters. The number of nitrogens with two attached hydrogens (primary N) is 1. The monoisotopic (exact) mass is 348 g/mol. The van der Waals surface area contributed by atoms with Crippen molar-refractivity contribution in [3.63, 3.8) is 0 Å². The Hall–Kier alpha value is -2.74. The highest BCUT2D eigenvalue weighted by Crippen LogP contribution is 2.35. The summed E-state index contributed by atoms with van der Waals surface area (Å²) < 4.78 is 38.6. The molecule has 0 fully saturated rings. The molecular formula is C16H16N2O5S. The molecule has 0 saturated heterocycles. The first-order valence-electron chi connectivity index (χ1n) is 7.20. The molecule has 1 heterocycles. The number of rotatable bonds is 4. The number of benzene rings is 2. The number of fused-ring (bicyclic) bond motifs is 1. The van der Waals surface area contributed by atoms with Crippen LogP contribution in [0.1, 0.15) is 15.9 Å². The SMILES string of the molecule is Cc1cc2c(cc1S(=O)(=O)Nc1ccc(C(N)=O)cc1)OCCO2. The molecule has 3 rings (SSSR count). The van der Waals surface area contributed by atoms with Gasteiger partial charge in [-0.3, -0.25) is 9.52 Å². The molecule has 3 N–H and O–H groups in total. The van der Waals surface area contributed by atoms with Crippen molar-refractivity contribution in [2.75, 3.05) is 17.9 Å². The predicted molar refractivity (Wildman–Crippen MR) is 87.9 cm³/mol. The lowest BCUT2D eigenvalue weighted by molar-refractivity contribution is 0.100. The zero-order valence-electron chi connectivity index (χ0n) is 12.9. The number of nitrogens with one attached hydrogen (secondary N) is 1. The quantitative estimate of drug-likeness (QED) is 0.874. The Kier molecular flexibility index (Phi) is 4.06. The van der Waals surface area contributed by atoms with E-state index >= 15 is 0 Å². The molecular weight excluding hydrogens is 332 g/mol. The second kappa shape index (κ2) is 6.04. The van der Waals surface area contributed by atoms with Crippen LogP contribution < -0.4 is 19.9 Å². The van der Waals surface area contributed by atoms with Crippen LogP contribution in [0.2, 0.25) is 0 Å². The molecule has 1 aliphatic rings. The van der Waals surface area contributed by atoms with E-state index in [4.69, 9.17) is 15.2 Å². The van der Waals surface area contributed by atoms with Crippen LogP contribution >= 0.6 is 0 Å². The third-order valence-corrected chi connectivity index (χ3v) is 5.07. The number of primary amides is 1. The number of amides is 1. The molecule has 8 heteroatoms. The fourth-order valence-corrected chi connectivity index (χ4v) is 3.68. The van der Waals surface area contributed by atoms with Gasteiger partial charge in [0.25, 0.3) is 10.0 Å². The minimum absolute atomic E-state index is 0.103. The van der Waals surface area contributed by atoms with Gasteiger partial charge in [0.15, 0.2) is 11.5 Å². The molecule has 0 aromatic heterocycles. The second-order valence-electron chi connectivity index (χ2n) is 5.31. The average Bonchev–Trinajstić information content (AvgIpc) is 2.54. The first-order chi connectivity index (χ1) is 11.4. The van der Waals surface area contributed by atoms with E-state index in [1.54, 1.807) is 13.0 Å². The molecule has 0 bridgehead atoms. The fourth-order valence-electron chi connectivity index (χ4n) is 2.37. The van der Waals surface area contributed by atoms with Gasteiger partial charge in [-0.05, 0) is 42.8 Å². The standard InChI is InChI=1S/C16H16N2O5S/c1-10-8-13-14(23-7-6-22-13)9-15(10)24(20,21)18-12-4-2-11(3-5-12)16(17)19/h2-5,8-9,18H,6-7H2,1H3,(H2,17,19). The molecule has 2 aromatic carbocycles. The largest absolute Gasteiger partial charge is 0.486 e. The molecule has 0 atom stereocenters. The molecule has 1 amide bonds. The van der Waals surface area contributed by atoms with E-state index in [0.717, 1.165) is 0 Å². The van der Waals surface area contributed by atoms with Crippen LogP contribution in [0, 0.1) is 6.92 Å². The Morgan fingerprint density at radius 1 is 1.08 bits per heavy atom. The van der Waals surface area contributed by atoms with E-state index in [-0.39, 0.29) is 4.90 Å². The Morgan fingerprint density at radius 3 is 2.25 bits per heavy atom. The summed E-state index contributed by atoms with van der Waals surface area (Å²) >= 11 is 0. The van der Waals surface area contributed by atoms with E-state index in [1.807, 2.05) is 0 Å². The van der Waals surface area contributed by atoms with Crippen molar-refractivity contribution in [3.8, 4) is 11.5 Å². The number of ether oxygens (including phenoxy) is 2. The van der Waals surface area contributed by atoms with Crippen LogP contribution in [-0.2, 0) is 10.0 Å². The van der Waals surface area contributed by atoms with Crippen molar-refractivity contribution >= 4 is 21.6 Å². The highest BCUT2D eigenvalue weighted by atomic mass is 32.2. The lowest BCUT2D eigenvalue weighted by Gasteiger charge is -2.20. The number of carbonyl (C=O) groups excluding carboxylic acids is 1. The summed E-state index contributed by atoms with van der Waals surface area (Å²) in [6, 6.07) is 8.95. The molecule has 0 aliphatic carbocycles. The molecule has 7 nitrogen and oxygen atoms in total. The van der Waals surface area contributed by atoms with E-state index in [2.05, 4.69) is 4.72 Å². The Bertz CT molecular complexity index is 891. The van der Waals surface area contributed by atoms with Crippen molar-refractivity contribution in [2.24, 2.45) is 5.73 Å². The second-order valence-corrected chi connectivity index (χ2v) is 6.96. The van der Waals surface area contributed by atoms with Gasteiger partial charge in [-0.1, -0.05) is 0 Å². The minimum atomic E-state index is -3.81. The zero-order chi connectivity index (χ0) is 17.3. The van der Waals surface area contributed by atoms with Gasteiger partial charge >= 0.3 is 0 Å². The lowest BCUT2D eigenvalue weighted by Crippen LogP contribution is -2.18. The fraction of sp³-hybridized carbons (Fsp3) is 0.188. The van der Waals surface area contributed by atoms with Crippen molar-refractivity contribution in [2.45, 2.75) is 11.8 Å². The van der Waals surface area contributed by atoms with Gasteiger partial charge in [-0.2, -0.15) is 0 Å². The number of sulfonamides is 1. The molecule has 0 saturated carbocycles. The first-order valence-corrected chi connectivity index (χ1v) is 8.68. The molecule has 126 valence electrons. The van der Waals surface area contributed by atoms with Gasteiger partial charge in [0, 0.05) is 17.3 Å². The van der Waals surface area contributed by atoms with Gasteiger partial charge in [0.05, 0.1) is 4.90 Å². The van der Waals surface area contributed by atoms with Crippen LogP contribution in [0.4, 0.5) is 5.69 Å². The topological polar surface area (TPSA) is 108 Å². The molecule has 0 spiro atoms. The maximum Gasteiger partial charge on any atom is 0.262 e. The molecule has 1 aliphatic heterocycles. The third-order valence-electron chi connectivity index (χ3n) is 3.55. The summed E-state index contributed by atoms with van der Waals surface area (Å²) in [7, 11) is -3.81. The smallest absolute Gasteiger partial charge is 0.262 e. The summed E-state index contributed by atoms with van der Waals surface area (Å²) in [6.07, 6.45) is 0. The number of hydrogen-bond donors (Lipinski definition) is 2. The van der Waals surface area contributed by atoms with Crippen LogP contribution in [0.3, 0.4) is 0 Å². The Morgan fingerprint density at radius 2 is 1.67 bits per heavy atom. The Labute approximate surface area is 139 Å². The van der Waals surface area contributed by atoms with Gasteiger partial charge < -0.3 is 15.2 Å². The number of hydrogen-bond acceptors (Lipinski definition) is 5. The Balaban J connectivity index is 1.91. The maximum atomic E-state index is 12.6. The highest BCUT2D eigenvalue weighted by molar-refractivity contribution is 7.92. The summed E-state index contributed by atoms with van der Waals surface area (Å²) in [5.41, 5.74) is 6.33. The van der Waals surface area contributed by atoms with Crippen LogP contribution in [0.25, 0.3) is 0 Å². The van der Waals surface area contributed by atoms with Crippen LogP contribution in [0.15, 0.2) is 41.3 Å². The van der Waals surface area contributed by atoms with Gasteiger partial charge in [-0.25, -0.2) is 8.42 Å². The maximum absolute atomic E-state index is 12.6. The number of carbonyl (C=O) groups is 1. The van der Waals surface area contributed by atoms with Crippen molar-refractivity contribution < 1.29 is 22.7 Å². The zero-order valence-corrected chi connectivity index (χ0v) is 13.7. The summed E-state index contributed by atoms with van der Waals surface area (Å²) in [6.45, 7) is 2.49. The highest BCUT2D eigenvalue weighted by Gasteiger charge is 2.22. The van der Waals surface area contributed by atoms with E-state index in [1.165, 1.54) is 30.3 Å². The average molecular weight is 348 g/mol. The van der Waals surface area contributed by atoms with Crippen LogP contribution in [-0.4, -0.2) is 27.5 Å². The van der Waals surface area contributed by atoms with Crippen LogP contribution in [0.5, 0.6) is 11.5 Å². The summed E-state index contributed by atoms with van der Waals surface area (Å²) in [5.74, 6) is 0.354. The predicted octanol–water partition coefficient (Wildman–Crippen LogP) is 1.67. The van der Waals surface area contributed by atoms with Crippen molar-refractivity contribution in [1.82, 2.24) is 0 Å². The summed E-state index contributed by atoms with van der Waals surface area (Å²) in [4.78, 5) is 11.2. The minimum Gasteiger partial charge on any atom is -0.486 e. The van der Waals surface area contributed by atoms with E-state index < -0.39 is 15.9 Å². The first kappa shape index (κ1) is 16.1. The van der Waals surface area contributed by atoms with Crippen molar-refractivity contribution in [1.29, 1.82) is 0 Å². The lowest BCUT2D eigenvalue weighted by atomic mass is 10.2. The third kappa shape index (κ3) is 3.13. The van der Waals surface area contributed by atoms with E-state index in [9.17, 15) is 13.2 Å². The van der Waals surface area contributed by atoms with Gasteiger partial charge in [-0.15, -0.1) is 0 Å². The number of anilines is 1. The molecule has 2 aromatic rings. The normalized spacial score (nSPS) is 13.4. The molecule has 24 heavy (non-hydrogen) atoms. The molecule has 0 radical (unpaired) electrons. The van der Waals surface area contributed by atoms with Gasteiger partial charge in [0.1, 0.15) is 13.2 Å². The summed E-state index contributed by atoms with van der Waals surface area (Å²) in [5, 5.41) is 0.